The number of benzene rings is 1. The number of hydrogen-bond acceptors (Lipinski definition) is 2. The molecule has 0 bridgehead atoms. The number of nitrogens with zero attached hydrogens (tertiary/aromatic N) is 1. The van der Waals surface area contributed by atoms with E-state index in [1.807, 2.05) is 0 Å². The predicted octanol–water partition coefficient (Wildman–Crippen LogP) is 4.33. The van der Waals surface area contributed by atoms with E-state index in [4.69, 9.17) is 0 Å². The fourth-order valence-corrected chi connectivity index (χ4v) is 3.06. The molecule has 1 aromatic rings. The Morgan fingerprint density at radius 1 is 1.18 bits per heavy atom. The van der Waals surface area contributed by atoms with E-state index in [1.54, 1.807) is 11.0 Å². The number of hydrogen-bond donors (Lipinski definition) is 1. The lowest BCUT2D eigenvalue weighted by Crippen LogP contribution is -2.46. The molecule has 128 valence electrons. The molecule has 0 spiro atoms. The van der Waals surface area contributed by atoms with Gasteiger partial charge in [0, 0.05) is 42.3 Å². The zero-order valence-corrected chi connectivity index (χ0v) is 14.7. The van der Waals surface area contributed by atoms with E-state index >= 15 is 0 Å². The van der Waals surface area contributed by atoms with Crippen LogP contribution in [-0.2, 0) is 0 Å². The smallest absolute Gasteiger partial charge is 0.314 e. The number of rotatable bonds is 3. The molecule has 22 heavy (non-hydrogen) atoms. The SMILES string of the molecule is Cl.Cl.Fc1cccc(Br)c1[C@@H](CC(F)(F)F)N1CCNCC1. The minimum Gasteiger partial charge on any atom is -0.314 e. The molecule has 1 aliphatic heterocycles. The van der Waals surface area contributed by atoms with Gasteiger partial charge >= 0.3 is 6.18 Å². The zero-order chi connectivity index (χ0) is 14.8. The highest BCUT2D eigenvalue weighted by atomic mass is 79.9. The standard InChI is InChI=1S/C13H15BrF4N2.2ClH/c14-9-2-1-3-10(15)12(9)11(8-13(16,17)18)20-6-4-19-5-7-20;;/h1-3,11,19H,4-8H2;2*1H/t11-;;/m1../s1. The van der Waals surface area contributed by atoms with Gasteiger partial charge in [-0.3, -0.25) is 4.90 Å². The van der Waals surface area contributed by atoms with Gasteiger partial charge in [-0.15, -0.1) is 24.8 Å². The maximum absolute atomic E-state index is 14.0. The van der Waals surface area contributed by atoms with E-state index in [0.29, 0.717) is 30.7 Å². The summed E-state index contributed by atoms with van der Waals surface area (Å²) >= 11 is 3.17. The molecule has 1 aliphatic rings. The van der Waals surface area contributed by atoms with Crippen LogP contribution in [0.25, 0.3) is 0 Å². The second-order valence-corrected chi connectivity index (χ2v) is 5.61. The Bertz CT molecular complexity index is 448. The average Bonchev–Trinajstić information content (AvgIpc) is 2.37. The Morgan fingerprint density at radius 2 is 1.77 bits per heavy atom. The van der Waals surface area contributed by atoms with Gasteiger partial charge in [0.25, 0.3) is 0 Å². The van der Waals surface area contributed by atoms with E-state index in [9.17, 15) is 17.6 Å². The Labute approximate surface area is 147 Å². The van der Waals surface area contributed by atoms with Gasteiger partial charge in [0.05, 0.1) is 6.42 Å². The average molecular weight is 428 g/mol. The van der Waals surface area contributed by atoms with Crippen molar-refractivity contribution in [3.05, 3.63) is 34.1 Å². The quantitative estimate of drug-likeness (QED) is 0.722. The first kappa shape index (κ1) is 21.9. The molecular formula is C13H17BrCl2F4N2. The summed E-state index contributed by atoms with van der Waals surface area (Å²) < 4.78 is 52.9. The molecule has 1 aromatic carbocycles. The number of piperazine rings is 1. The van der Waals surface area contributed by atoms with Crippen LogP contribution in [0.4, 0.5) is 17.6 Å². The minimum atomic E-state index is -4.34. The van der Waals surface area contributed by atoms with Crippen LogP contribution < -0.4 is 5.32 Å². The van der Waals surface area contributed by atoms with E-state index in [2.05, 4.69) is 21.2 Å². The van der Waals surface area contributed by atoms with Gasteiger partial charge < -0.3 is 5.32 Å². The summed E-state index contributed by atoms with van der Waals surface area (Å²) in [4.78, 5) is 1.69. The summed E-state index contributed by atoms with van der Waals surface area (Å²) in [6, 6.07) is 3.26. The molecule has 0 radical (unpaired) electrons. The molecule has 0 amide bonds. The van der Waals surface area contributed by atoms with Crippen LogP contribution in [0, 0.1) is 5.82 Å². The summed E-state index contributed by atoms with van der Waals surface area (Å²) in [6.45, 7) is 2.17. The fourth-order valence-electron chi connectivity index (χ4n) is 2.46. The van der Waals surface area contributed by atoms with Crippen molar-refractivity contribution >= 4 is 40.7 Å². The number of nitrogens with one attached hydrogen (secondary N) is 1. The van der Waals surface area contributed by atoms with Gasteiger partial charge in [-0.1, -0.05) is 22.0 Å². The summed E-state index contributed by atoms with van der Waals surface area (Å²) in [5, 5.41) is 3.08. The molecule has 9 heteroatoms. The van der Waals surface area contributed by atoms with E-state index in [1.165, 1.54) is 12.1 Å². The first-order valence-electron chi connectivity index (χ1n) is 6.34. The lowest BCUT2D eigenvalue weighted by molar-refractivity contribution is -0.149. The predicted molar refractivity (Wildman–Crippen MR) is 86.5 cm³/mol. The molecule has 1 heterocycles. The van der Waals surface area contributed by atoms with E-state index in [0.717, 1.165) is 0 Å². The largest absolute Gasteiger partial charge is 0.390 e. The van der Waals surface area contributed by atoms with Crippen LogP contribution in [-0.4, -0.2) is 37.3 Å². The van der Waals surface area contributed by atoms with Crippen LogP contribution >= 0.6 is 40.7 Å². The third-order valence-electron chi connectivity index (χ3n) is 3.35. The van der Waals surface area contributed by atoms with Crippen LogP contribution in [0.5, 0.6) is 0 Å². The van der Waals surface area contributed by atoms with Crippen molar-refractivity contribution in [2.24, 2.45) is 0 Å². The number of alkyl halides is 3. The second-order valence-electron chi connectivity index (χ2n) is 4.76. The monoisotopic (exact) mass is 426 g/mol. The van der Waals surface area contributed by atoms with E-state index in [-0.39, 0.29) is 30.4 Å². The van der Waals surface area contributed by atoms with Crippen LogP contribution in [0.15, 0.2) is 22.7 Å². The van der Waals surface area contributed by atoms with Crippen LogP contribution in [0.2, 0.25) is 0 Å². The van der Waals surface area contributed by atoms with Crippen molar-refractivity contribution in [3.63, 3.8) is 0 Å². The zero-order valence-electron chi connectivity index (χ0n) is 11.5. The molecule has 2 rings (SSSR count). The normalized spacial score (nSPS) is 17.3. The van der Waals surface area contributed by atoms with Gasteiger partial charge in [0.15, 0.2) is 0 Å². The maximum atomic E-state index is 14.0. The third kappa shape index (κ3) is 5.85. The minimum absolute atomic E-state index is 0. The summed E-state index contributed by atoms with van der Waals surface area (Å²) in [5.74, 6) is -0.604. The van der Waals surface area contributed by atoms with Gasteiger partial charge in [0.1, 0.15) is 5.82 Å². The van der Waals surface area contributed by atoms with Gasteiger partial charge in [-0.05, 0) is 12.1 Å². The van der Waals surface area contributed by atoms with Crippen molar-refractivity contribution in [1.82, 2.24) is 10.2 Å². The molecule has 0 unspecified atom stereocenters. The molecular weight excluding hydrogens is 411 g/mol. The number of halogens is 7. The maximum Gasteiger partial charge on any atom is 0.390 e. The first-order valence-corrected chi connectivity index (χ1v) is 7.13. The Kier molecular flexibility index (Phi) is 9.24. The second kappa shape index (κ2) is 9.27. The fraction of sp³-hybridized carbons (Fsp3) is 0.538. The topological polar surface area (TPSA) is 15.3 Å². The highest BCUT2D eigenvalue weighted by molar-refractivity contribution is 9.10. The molecule has 2 nitrogen and oxygen atoms in total. The van der Waals surface area contributed by atoms with Crippen molar-refractivity contribution < 1.29 is 17.6 Å². The summed E-state index contributed by atoms with van der Waals surface area (Å²) in [5.41, 5.74) is 0.0896. The third-order valence-corrected chi connectivity index (χ3v) is 4.04. The van der Waals surface area contributed by atoms with Crippen molar-refractivity contribution in [3.8, 4) is 0 Å². The van der Waals surface area contributed by atoms with Gasteiger partial charge in [0.2, 0.25) is 0 Å². The Balaban J connectivity index is 0.00000220. The van der Waals surface area contributed by atoms with E-state index < -0.39 is 24.5 Å². The molecule has 1 N–H and O–H groups in total. The van der Waals surface area contributed by atoms with Gasteiger partial charge in [-0.25, -0.2) is 4.39 Å². The molecule has 1 fully saturated rings. The van der Waals surface area contributed by atoms with Crippen LogP contribution in [0.3, 0.4) is 0 Å². The first-order chi connectivity index (χ1) is 9.38. The Hall–Kier alpha value is -0.0800. The molecule has 1 saturated heterocycles. The molecule has 1 atom stereocenters. The van der Waals surface area contributed by atoms with Crippen molar-refractivity contribution in [2.75, 3.05) is 26.2 Å². The van der Waals surface area contributed by atoms with Crippen molar-refractivity contribution in [1.29, 1.82) is 0 Å². The summed E-state index contributed by atoms with van der Waals surface area (Å²) in [6.07, 6.45) is -5.39. The molecule has 0 saturated carbocycles. The molecule has 0 aliphatic carbocycles. The lowest BCUT2D eigenvalue weighted by atomic mass is 10.00. The van der Waals surface area contributed by atoms with Crippen LogP contribution in [0.1, 0.15) is 18.0 Å². The molecule has 0 aromatic heterocycles. The highest BCUT2D eigenvalue weighted by Gasteiger charge is 2.37. The Morgan fingerprint density at radius 3 is 2.27 bits per heavy atom. The summed E-state index contributed by atoms with van der Waals surface area (Å²) in [7, 11) is 0. The van der Waals surface area contributed by atoms with Crippen molar-refractivity contribution in [2.45, 2.75) is 18.6 Å². The highest BCUT2D eigenvalue weighted by Crippen LogP contribution is 2.38. The van der Waals surface area contributed by atoms with Gasteiger partial charge in [-0.2, -0.15) is 13.2 Å². The lowest BCUT2D eigenvalue weighted by Gasteiger charge is -2.36.